The summed E-state index contributed by atoms with van der Waals surface area (Å²) >= 11 is 0. The largest absolute Gasteiger partial charge is 0.462 e. The van der Waals surface area contributed by atoms with E-state index in [9.17, 15) is 9.59 Å². The second-order valence-corrected chi connectivity index (χ2v) is 4.89. The number of aromatic nitrogens is 2. The van der Waals surface area contributed by atoms with Gasteiger partial charge < -0.3 is 10.1 Å². The molecule has 0 bridgehead atoms. The Morgan fingerprint density at radius 1 is 1.36 bits per heavy atom. The van der Waals surface area contributed by atoms with Gasteiger partial charge in [-0.2, -0.15) is 5.10 Å². The van der Waals surface area contributed by atoms with Crippen molar-refractivity contribution in [2.45, 2.75) is 26.3 Å². The van der Waals surface area contributed by atoms with Gasteiger partial charge in [0.1, 0.15) is 0 Å². The van der Waals surface area contributed by atoms with E-state index in [4.69, 9.17) is 4.74 Å². The van der Waals surface area contributed by atoms with Crippen LogP contribution in [0.3, 0.4) is 0 Å². The van der Waals surface area contributed by atoms with Crippen LogP contribution in [-0.2, 0) is 9.53 Å². The van der Waals surface area contributed by atoms with E-state index in [0.29, 0.717) is 24.3 Å². The molecule has 1 N–H and O–H groups in total. The molecule has 1 amide bonds. The summed E-state index contributed by atoms with van der Waals surface area (Å²) in [5, 5.41) is 6.89. The van der Waals surface area contributed by atoms with Gasteiger partial charge in [-0.1, -0.05) is 6.07 Å². The maximum atomic E-state index is 12.1. The first kappa shape index (κ1) is 15.8. The van der Waals surface area contributed by atoms with E-state index in [1.54, 1.807) is 42.1 Å². The number of hydrogen-bond acceptors (Lipinski definition) is 4. The number of carbonyl (C=O) groups is 2. The lowest BCUT2D eigenvalue weighted by molar-refractivity contribution is -0.116. The highest BCUT2D eigenvalue weighted by Gasteiger charge is 2.12. The second-order valence-electron chi connectivity index (χ2n) is 4.89. The van der Waals surface area contributed by atoms with E-state index in [1.807, 2.05) is 19.2 Å². The lowest BCUT2D eigenvalue weighted by atomic mass is 10.2. The number of hydrogen-bond donors (Lipinski definition) is 1. The third-order valence-corrected chi connectivity index (χ3v) is 3.11. The van der Waals surface area contributed by atoms with E-state index in [2.05, 4.69) is 10.4 Å². The second kappa shape index (κ2) is 7.40. The Kier molecular flexibility index (Phi) is 5.30. The van der Waals surface area contributed by atoms with E-state index in [-0.39, 0.29) is 11.9 Å². The van der Waals surface area contributed by atoms with Crippen molar-refractivity contribution in [1.82, 2.24) is 9.78 Å². The van der Waals surface area contributed by atoms with Crippen LogP contribution in [0.1, 0.15) is 36.7 Å². The average Bonchev–Trinajstić information content (AvgIpc) is 3.02. The first-order valence-corrected chi connectivity index (χ1v) is 7.16. The van der Waals surface area contributed by atoms with Crippen LogP contribution < -0.4 is 5.32 Å². The number of nitrogens with zero attached hydrogens (tertiary/aromatic N) is 2. The van der Waals surface area contributed by atoms with Gasteiger partial charge in [-0.25, -0.2) is 4.79 Å². The Balaban J connectivity index is 1.96. The molecule has 0 aliphatic rings. The molecule has 116 valence electrons. The lowest BCUT2D eigenvalue weighted by Gasteiger charge is -2.12. The number of rotatable bonds is 6. The Morgan fingerprint density at radius 2 is 2.18 bits per heavy atom. The van der Waals surface area contributed by atoms with Crippen molar-refractivity contribution in [3.05, 3.63) is 48.3 Å². The summed E-state index contributed by atoms with van der Waals surface area (Å²) in [5.41, 5.74) is 0.989. The minimum Gasteiger partial charge on any atom is -0.462 e. The molecule has 1 unspecified atom stereocenters. The van der Waals surface area contributed by atoms with Crippen LogP contribution in [0.5, 0.6) is 0 Å². The Hall–Kier alpha value is -2.63. The maximum Gasteiger partial charge on any atom is 0.338 e. The quantitative estimate of drug-likeness (QED) is 0.832. The fraction of sp³-hybridized carbons (Fsp3) is 0.312. The number of esters is 1. The van der Waals surface area contributed by atoms with Crippen molar-refractivity contribution in [3.63, 3.8) is 0 Å². The number of amides is 1. The SMILES string of the molecule is CCOC(=O)c1cccc(NC(=O)CC(C)n2cccn2)c1. The summed E-state index contributed by atoms with van der Waals surface area (Å²) in [7, 11) is 0. The third kappa shape index (κ3) is 4.18. The van der Waals surface area contributed by atoms with Crippen LogP contribution in [-0.4, -0.2) is 28.3 Å². The summed E-state index contributed by atoms with van der Waals surface area (Å²) in [6.45, 7) is 3.98. The standard InChI is InChI=1S/C16H19N3O3/c1-3-22-16(21)13-6-4-7-14(11-13)18-15(20)10-12(2)19-9-5-8-17-19/h4-9,11-12H,3,10H2,1-2H3,(H,18,20). The summed E-state index contributed by atoms with van der Waals surface area (Å²) in [4.78, 5) is 23.7. The molecule has 22 heavy (non-hydrogen) atoms. The van der Waals surface area contributed by atoms with Gasteiger partial charge in [0.25, 0.3) is 0 Å². The summed E-state index contributed by atoms with van der Waals surface area (Å²) < 4.78 is 6.67. The van der Waals surface area contributed by atoms with Crippen molar-refractivity contribution in [3.8, 4) is 0 Å². The van der Waals surface area contributed by atoms with Gasteiger partial charge in [0.05, 0.1) is 18.2 Å². The molecule has 0 aliphatic heterocycles. The predicted octanol–water partition coefficient (Wildman–Crippen LogP) is 2.65. The average molecular weight is 301 g/mol. The van der Waals surface area contributed by atoms with E-state index in [0.717, 1.165) is 0 Å². The molecule has 0 saturated heterocycles. The molecule has 1 atom stereocenters. The van der Waals surface area contributed by atoms with Gasteiger partial charge in [-0.05, 0) is 38.1 Å². The molecule has 0 radical (unpaired) electrons. The van der Waals surface area contributed by atoms with Crippen LogP contribution in [0.15, 0.2) is 42.7 Å². The van der Waals surface area contributed by atoms with Crippen LogP contribution in [0, 0.1) is 0 Å². The monoisotopic (exact) mass is 301 g/mol. The highest BCUT2D eigenvalue weighted by Crippen LogP contribution is 2.14. The molecule has 2 aromatic rings. The van der Waals surface area contributed by atoms with E-state index >= 15 is 0 Å². The first-order chi connectivity index (χ1) is 10.6. The Bertz CT molecular complexity index is 638. The minimum atomic E-state index is -0.400. The Morgan fingerprint density at radius 3 is 2.86 bits per heavy atom. The van der Waals surface area contributed by atoms with Crippen molar-refractivity contribution in [1.29, 1.82) is 0 Å². The van der Waals surface area contributed by atoms with Gasteiger partial charge in [-0.3, -0.25) is 9.48 Å². The van der Waals surface area contributed by atoms with Crippen LogP contribution in [0.25, 0.3) is 0 Å². The normalized spacial score (nSPS) is 11.7. The van der Waals surface area contributed by atoms with Crippen molar-refractivity contribution in [2.75, 3.05) is 11.9 Å². The smallest absolute Gasteiger partial charge is 0.338 e. The van der Waals surface area contributed by atoms with Crippen LogP contribution in [0.2, 0.25) is 0 Å². The van der Waals surface area contributed by atoms with E-state index < -0.39 is 5.97 Å². The number of ether oxygens (including phenoxy) is 1. The molecule has 2 rings (SSSR count). The van der Waals surface area contributed by atoms with Crippen LogP contribution in [0.4, 0.5) is 5.69 Å². The molecule has 1 aromatic heterocycles. The maximum absolute atomic E-state index is 12.1. The highest BCUT2D eigenvalue weighted by molar-refractivity contribution is 5.94. The fourth-order valence-corrected chi connectivity index (χ4v) is 2.05. The summed E-state index contributed by atoms with van der Waals surface area (Å²) in [6.07, 6.45) is 3.79. The fourth-order valence-electron chi connectivity index (χ4n) is 2.05. The van der Waals surface area contributed by atoms with Crippen molar-refractivity contribution in [2.24, 2.45) is 0 Å². The number of carbonyl (C=O) groups excluding carboxylic acids is 2. The van der Waals surface area contributed by atoms with E-state index in [1.165, 1.54) is 0 Å². The molecule has 1 heterocycles. The van der Waals surface area contributed by atoms with Gasteiger partial charge in [-0.15, -0.1) is 0 Å². The third-order valence-electron chi connectivity index (χ3n) is 3.11. The van der Waals surface area contributed by atoms with Gasteiger partial charge >= 0.3 is 5.97 Å². The Labute approximate surface area is 129 Å². The molecule has 6 nitrogen and oxygen atoms in total. The minimum absolute atomic E-state index is 0.0387. The number of nitrogens with one attached hydrogen (secondary N) is 1. The molecule has 1 aromatic carbocycles. The van der Waals surface area contributed by atoms with Crippen LogP contribution >= 0.6 is 0 Å². The summed E-state index contributed by atoms with van der Waals surface area (Å²) in [6, 6.07) is 8.48. The molecular formula is C16H19N3O3. The van der Waals surface area contributed by atoms with Crippen molar-refractivity contribution < 1.29 is 14.3 Å². The molecule has 0 spiro atoms. The van der Waals surface area contributed by atoms with Gasteiger partial charge in [0, 0.05) is 24.5 Å². The molecule has 0 aliphatic carbocycles. The van der Waals surface area contributed by atoms with Crippen molar-refractivity contribution >= 4 is 17.6 Å². The zero-order valence-corrected chi connectivity index (χ0v) is 12.7. The molecule has 0 fully saturated rings. The predicted molar refractivity (Wildman–Crippen MR) is 82.6 cm³/mol. The first-order valence-electron chi connectivity index (χ1n) is 7.16. The molecule has 6 heteroatoms. The topological polar surface area (TPSA) is 73.2 Å². The summed E-state index contributed by atoms with van der Waals surface area (Å²) in [5.74, 6) is -0.535. The zero-order valence-electron chi connectivity index (χ0n) is 12.7. The number of anilines is 1. The molecule has 0 saturated carbocycles. The van der Waals surface area contributed by atoms with Gasteiger partial charge in [0.15, 0.2) is 0 Å². The highest BCUT2D eigenvalue weighted by atomic mass is 16.5. The lowest BCUT2D eigenvalue weighted by Crippen LogP contribution is -2.18. The molecular weight excluding hydrogens is 282 g/mol. The number of benzene rings is 1. The zero-order chi connectivity index (χ0) is 15.9. The van der Waals surface area contributed by atoms with Gasteiger partial charge in [0.2, 0.25) is 5.91 Å².